The third kappa shape index (κ3) is 13.0. The predicted octanol–water partition coefficient (Wildman–Crippen LogP) is 2.84. The Morgan fingerprint density at radius 2 is 1.85 bits per heavy atom. The van der Waals surface area contributed by atoms with E-state index in [1.165, 1.54) is 0 Å². The van der Waals surface area contributed by atoms with Crippen LogP contribution in [-0.4, -0.2) is 68.9 Å². The highest BCUT2D eigenvalue weighted by molar-refractivity contribution is 6.82. The van der Waals surface area contributed by atoms with Crippen LogP contribution in [0.3, 0.4) is 0 Å². The van der Waals surface area contributed by atoms with Gasteiger partial charge >= 0.3 is 14.5 Å². The van der Waals surface area contributed by atoms with Crippen molar-refractivity contribution in [2.45, 2.75) is 64.8 Å². The van der Waals surface area contributed by atoms with Crippen molar-refractivity contribution in [1.29, 1.82) is 0 Å². The van der Waals surface area contributed by atoms with Crippen LogP contribution in [-0.2, 0) is 22.8 Å². The summed E-state index contributed by atoms with van der Waals surface area (Å²) in [6, 6.07) is 0.869. The Kier molecular flexibility index (Phi) is 12.1. The van der Waals surface area contributed by atoms with Crippen LogP contribution in [0.5, 0.6) is 0 Å². The van der Waals surface area contributed by atoms with Gasteiger partial charge in [0.15, 0.2) is 8.32 Å². The van der Waals surface area contributed by atoms with E-state index in [4.69, 9.17) is 18.0 Å². The molecule has 0 bridgehead atoms. The van der Waals surface area contributed by atoms with Gasteiger partial charge in [0.05, 0.1) is 22.0 Å². The van der Waals surface area contributed by atoms with Gasteiger partial charge in [-0.1, -0.05) is 19.7 Å². The number of esters is 1. The fraction of sp³-hybridized carbons (Fsp3) is 0.824. The maximum Gasteiger partial charge on any atom is 0.333 e. The molecule has 9 heteroatoms. The van der Waals surface area contributed by atoms with E-state index < -0.39 is 37.7 Å². The Morgan fingerprint density at radius 3 is 2.31 bits per heavy atom. The summed E-state index contributed by atoms with van der Waals surface area (Å²) in [7, 11) is -4.67. The molecule has 26 heavy (non-hydrogen) atoms. The fourth-order valence-corrected chi connectivity index (χ4v) is 11.7. The van der Waals surface area contributed by atoms with Gasteiger partial charge in [-0.25, -0.2) is 4.79 Å². The van der Waals surface area contributed by atoms with Crippen molar-refractivity contribution < 1.29 is 27.9 Å². The predicted molar refractivity (Wildman–Crippen MR) is 113 cm³/mol. The Bertz CT molecular complexity index is 439. The van der Waals surface area contributed by atoms with Gasteiger partial charge < -0.3 is 23.1 Å². The van der Waals surface area contributed by atoms with Crippen molar-refractivity contribution >= 4 is 31.6 Å². The van der Waals surface area contributed by atoms with Crippen LogP contribution in [0.2, 0.25) is 45.3 Å². The Hall–Kier alpha value is -0.299. The largest absolute Gasteiger partial charge is 0.454 e. The van der Waals surface area contributed by atoms with Crippen LogP contribution in [0.1, 0.15) is 13.3 Å². The topological polar surface area (TPSA) is 74.2 Å². The number of ether oxygens (including phenoxy) is 2. The van der Waals surface area contributed by atoms with Crippen LogP contribution in [0.25, 0.3) is 0 Å². The lowest BCUT2D eigenvalue weighted by molar-refractivity contribution is -0.149. The number of aliphatic hydroxyl groups is 1. The molecule has 0 amide bonds. The van der Waals surface area contributed by atoms with Gasteiger partial charge in [0.1, 0.15) is 6.10 Å². The molecule has 2 unspecified atom stereocenters. The van der Waals surface area contributed by atoms with E-state index in [1.54, 1.807) is 6.92 Å². The number of hydrogen-bond acceptors (Lipinski definition) is 6. The quantitative estimate of drug-likeness (QED) is 0.201. The molecule has 6 nitrogen and oxygen atoms in total. The molecule has 0 radical (unpaired) electrons. The molecule has 0 aromatic carbocycles. The molecule has 154 valence electrons. The van der Waals surface area contributed by atoms with E-state index in [2.05, 4.69) is 45.9 Å². The molecule has 0 aliphatic rings. The molecular weight excluding hydrogens is 384 g/mol. The molecule has 0 aromatic heterocycles. The summed E-state index contributed by atoms with van der Waals surface area (Å²) in [5.74, 6) is -0.512. The van der Waals surface area contributed by atoms with E-state index >= 15 is 0 Å². The molecular formula is C17H38O6Si3. The zero-order chi connectivity index (χ0) is 20.4. The summed E-state index contributed by atoms with van der Waals surface area (Å²) in [4.78, 5) is 11.5. The Balaban J connectivity index is 4.36. The van der Waals surface area contributed by atoms with E-state index in [9.17, 15) is 9.90 Å². The molecule has 0 rings (SSSR count). The standard InChI is InChI=1S/C17H38O6Si3/c1-15(2)17(19)22-16(12-18)13-20-10-9-11-26(8,21-14-24(3)4)23-25(5,6)7/h16,18,24H,1,9-14H2,2-8H3. The van der Waals surface area contributed by atoms with Gasteiger partial charge in [0.25, 0.3) is 0 Å². The number of aliphatic hydroxyl groups excluding tert-OH is 1. The number of carbonyl (C=O) groups is 1. The first-order chi connectivity index (χ1) is 11.9. The SMILES string of the molecule is C=C(C)C(=O)OC(CO)COCCC[Si](C)(OC[SiH](C)C)O[Si](C)(C)C. The minimum atomic E-state index is -2.20. The van der Waals surface area contributed by atoms with Crippen molar-refractivity contribution in [2.24, 2.45) is 0 Å². The maximum atomic E-state index is 11.5. The van der Waals surface area contributed by atoms with Crippen molar-refractivity contribution in [3.63, 3.8) is 0 Å². The van der Waals surface area contributed by atoms with Gasteiger partial charge in [0.2, 0.25) is 0 Å². The molecule has 0 spiro atoms. The monoisotopic (exact) mass is 422 g/mol. The lowest BCUT2D eigenvalue weighted by Crippen LogP contribution is -2.48. The van der Waals surface area contributed by atoms with E-state index in [0.29, 0.717) is 12.2 Å². The number of carbonyl (C=O) groups excluding carboxylic acids is 1. The molecule has 2 atom stereocenters. The van der Waals surface area contributed by atoms with Crippen LogP contribution in [0.4, 0.5) is 0 Å². The van der Waals surface area contributed by atoms with Crippen LogP contribution in [0, 0.1) is 0 Å². The first-order valence-electron chi connectivity index (χ1n) is 9.28. The molecule has 0 saturated carbocycles. The third-order valence-electron chi connectivity index (χ3n) is 3.29. The molecule has 0 aliphatic carbocycles. The van der Waals surface area contributed by atoms with E-state index in [1.807, 2.05) is 0 Å². The lowest BCUT2D eigenvalue weighted by Gasteiger charge is -2.34. The number of hydrogen-bond donors (Lipinski definition) is 1. The first kappa shape index (κ1) is 25.7. The highest BCUT2D eigenvalue weighted by Gasteiger charge is 2.36. The maximum absolute atomic E-state index is 11.5. The highest BCUT2D eigenvalue weighted by Crippen LogP contribution is 2.21. The molecule has 0 aliphatic heterocycles. The third-order valence-corrected chi connectivity index (χ3v) is 10.7. The Morgan fingerprint density at radius 1 is 1.23 bits per heavy atom. The minimum absolute atomic E-state index is 0.169. The summed E-state index contributed by atoms with van der Waals surface area (Å²) in [6.45, 7) is 18.8. The average molecular weight is 423 g/mol. The van der Waals surface area contributed by atoms with Crippen LogP contribution in [0.15, 0.2) is 12.2 Å². The Labute approximate surface area is 162 Å². The van der Waals surface area contributed by atoms with Crippen molar-refractivity contribution in [1.82, 2.24) is 0 Å². The van der Waals surface area contributed by atoms with Crippen LogP contribution < -0.4 is 0 Å². The average Bonchev–Trinajstić information content (AvgIpc) is 2.49. The second-order valence-electron chi connectivity index (χ2n) is 8.22. The van der Waals surface area contributed by atoms with Gasteiger partial charge in [-0.05, 0) is 45.6 Å². The van der Waals surface area contributed by atoms with Gasteiger partial charge in [0, 0.05) is 18.4 Å². The zero-order valence-corrected chi connectivity index (χ0v) is 20.7. The minimum Gasteiger partial charge on any atom is -0.454 e. The summed E-state index contributed by atoms with van der Waals surface area (Å²) in [5.41, 5.74) is 0.305. The van der Waals surface area contributed by atoms with Gasteiger partial charge in [-0.3, -0.25) is 0 Å². The second kappa shape index (κ2) is 12.2. The van der Waals surface area contributed by atoms with Crippen molar-refractivity contribution in [2.75, 3.05) is 26.1 Å². The van der Waals surface area contributed by atoms with Crippen LogP contribution >= 0.6 is 0 Å². The fourth-order valence-electron chi connectivity index (χ4n) is 2.23. The zero-order valence-electron chi connectivity index (χ0n) is 17.6. The summed E-state index contributed by atoms with van der Waals surface area (Å²) in [6.07, 6.45) is 1.00. The summed E-state index contributed by atoms with van der Waals surface area (Å²) in [5, 5.41) is 9.28. The second-order valence-corrected chi connectivity index (χ2v) is 19.4. The molecule has 0 aromatic rings. The summed E-state index contributed by atoms with van der Waals surface area (Å²) >= 11 is 0. The van der Waals surface area contributed by atoms with Crippen molar-refractivity contribution in [3.8, 4) is 0 Å². The highest BCUT2D eigenvalue weighted by atomic mass is 28.4. The molecule has 0 saturated heterocycles. The molecule has 0 heterocycles. The van der Waals surface area contributed by atoms with E-state index in [0.717, 1.165) is 18.7 Å². The lowest BCUT2D eigenvalue weighted by atomic mass is 10.3. The smallest absolute Gasteiger partial charge is 0.333 e. The van der Waals surface area contributed by atoms with E-state index in [-0.39, 0.29) is 13.2 Å². The molecule has 1 N–H and O–H groups in total. The van der Waals surface area contributed by atoms with Crippen molar-refractivity contribution in [3.05, 3.63) is 12.2 Å². The molecule has 0 fully saturated rings. The number of rotatable bonds is 14. The summed E-state index contributed by atoms with van der Waals surface area (Å²) < 4.78 is 23.3. The van der Waals surface area contributed by atoms with Gasteiger partial charge in [-0.2, -0.15) is 0 Å². The normalized spacial score (nSPS) is 15.6. The van der Waals surface area contributed by atoms with Gasteiger partial charge in [-0.15, -0.1) is 0 Å². The first-order valence-corrected chi connectivity index (χ1v) is 18.3.